The zero-order valence-electron chi connectivity index (χ0n) is 13.7. The van der Waals surface area contributed by atoms with Gasteiger partial charge in [-0.15, -0.1) is 0 Å². The van der Waals surface area contributed by atoms with Crippen molar-refractivity contribution < 1.29 is 0 Å². The van der Waals surface area contributed by atoms with E-state index in [0.29, 0.717) is 6.04 Å². The number of aromatic nitrogens is 2. The van der Waals surface area contributed by atoms with Gasteiger partial charge in [0.1, 0.15) is 0 Å². The van der Waals surface area contributed by atoms with E-state index in [1.54, 1.807) is 0 Å². The molecule has 0 saturated carbocycles. The van der Waals surface area contributed by atoms with Crippen molar-refractivity contribution in [3.8, 4) is 0 Å². The normalized spacial score (nSPS) is 20.1. The van der Waals surface area contributed by atoms with Gasteiger partial charge in [-0.1, -0.05) is 38.1 Å². The van der Waals surface area contributed by atoms with Gasteiger partial charge in [0.2, 0.25) is 0 Å². The minimum atomic E-state index is 0.272. The van der Waals surface area contributed by atoms with Crippen molar-refractivity contribution >= 4 is 5.69 Å². The Kier molecular flexibility index (Phi) is 3.31. The fourth-order valence-corrected chi connectivity index (χ4v) is 3.52. The van der Waals surface area contributed by atoms with E-state index in [1.807, 2.05) is 11.7 Å². The molecular weight excluding hydrogens is 258 g/mol. The number of hydrogen-bond acceptors (Lipinski definition) is 2. The summed E-state index contributed by atoms with van der Waals surface area (Å²) >= 11 is 0. The number of rotatable bonds is 2. The molecule has 1 aromatic carbocycles. The Hall–Kier alpha value is -1.77. The van der Waals surface area contributed by atoms with Gasteiger partial charge in [0.25, 0.3) is 0 Å². The lowest BCUT2D eigenvalue weighted by atomic mass is 9.71. The fraction of sp³-hybridized carbons (Fsp3) is 0.500. The molecule has 0 aliphatic heterocycles. The zero-order valence-corrected chi connectivity index (χ0v) is 13.7. The maximum Gasteiger partial charge on any atom is 0.0828 e. The second-order valence-electron chi connectivity index (χ2n) is 6.88. The van der Waals surface area contributed by atoms with E-state index in [0.717, 1.165) is 12.1 Å². The van der Waals surface area contributed by atoms with Crippen LogP contribution in [0.15, 0.2) is 24.3 Å². The molecule has 2 aromatic rings. The number of aryl methyl sites for hydroxylation is 2. The lowest BCUT2D eigenvalue weighted by Gasteiger charge is -2.37. The van der Waals surface area contributed by atoms with Crippen LogP contribution >= 0.6 is 0 Å². The molecule has 0 fully saturated rings. The summed E-state index contributed by atoms with van der Waals surface area (Å²) in [5, 5.41) is 8.26. The molecular formula is C18H25N3. The van der Waals surface area contributed by atoms with Gasteiger partial charge in [-0.2, -0.15) is 5.10 Å². The fourth-order valence-electron chi connectivity index (χ4n) is 3.52. The zero-order chi connectivity index (χ0) is 15.2. The summed E-state index contributed by atoms with van der Waals surface area (Å²) in [6.07, 6.45) is 2.37. The Labute approximate surface area is 127 Å². The van der Waals surface area contributed by atoms with E-state index in [-0.39, 0.29) is 5.41 Å². The van der Waals surface area contributed by atoms with Gasteiger partial charge < -0.3 is 5.32 Å². The van der Waals surface area contributed by atoms with Crippen LogP contribution in [0.25, 0.3) is 0 Å². The summed E-state index contributed by atoms with van der Waals surface area (Å²) in [5.41, 5.74) is 6.67. The van der Waals surface area contributed by atoms with Gasteiger partial charge in [-0.05, 0) is 43.2 Å². The first kappa shape index (κ1) is 14.2. The number of fused-ring (bicyclic) bond motifs is 1. The summed E-state index contributed by atoms with van der Waals surface area (Å²) in [4.78, 5) is 0. The standard InChI is InChI=1S/C18H25N3/c1-12-17(13(2)21(5)20-12)19-16-10-11-18(3,4)15-9-7-6-8-14(15)16/h6-9,16,19H,10-11H2,1-5H3. The molecule has 112 valence electrons. The van der Waals surface area contributed by atoms with E-state index in [1.165, 1.54) is 28.9 Å². The van der Waals surface area contributed by atoms with Gasteiger partial charge in [0.05, 0.1) is 23.1 Å². The van der Waals surface area contributed by atoms with Crippen molar-refractivity contribution in [1.82, 2.24) is 9.78 Å². The van der Waals surface area contributed by atoms with Crippen molar-refractivity contribution in [2.45, 2.75) is 52.0 Å². The molecule has 1 aromatic heterocycles. The van der Waals surface area contributed by atoms with Crippen molar-refractivity contribution in [3.05, 3.63) is 46.8 Å². The number of hydrogen-bond donors (Lipinski definition) is 1. The van der Waals surface area contributed by atoms with Gasteiger partial charge in [0, 0.05) is 7.05 Å². The Morgan fingerprint density at radius 2 is 1.95 bits per heavy atom. The number of anilines is 1. The molecule has 3 nitrogen and oxygen atoms in total. The predicted molar refractivity (Wildman–Crippen MR) is 87.7 cm³/mol. The van der Waals surface area contributed by atoms with Crippen LogP contribution in [-0.4, -0.2) is 9.78 Å². The first-order valence-electron chi connectivity index (χ1n) is 7.76. The second-order valence-corrected chi connectivity index (χ2v) is 6.88. The van der Waals surface area contributed by atoms with Crippen molar-refractivity contribution in [1.29, 1.82) is 0 Å². The monoisotopic (exact) mass is 283 g/mol. The molecule has 1 heterocycles. The minimum Gasteiger partial charge on any atom is -0.375 e. The molecule has 3 heteroatoms. The summed E-state index contributed by atoms with van der Waals surface area (Å²) < 4.78 is 1.95. The van der Waals surface area contributed by atoms with Gasteiger partial charge in [-0.25, -0.2) is 0 Å². The summed E-state index contributed by atoms with van der Waals surface area (Å²) in [6, 6.07) is 9.25. The molecule has 1 unspecified atom stereocenters. The highest BCUT2D eigenvalue weighted by molar-refractivity contribution is 5.55. The van der Waals surface area contributed by atoms with Crippen LogP contribution in [0, 0.1) is 13.8 Å². The average molecular weight is 283 g/mol. The van der Waals surface area contributed by atoms with Crippen LogP contribution in [0.1, 0.15) is 55.2 Å². The highest BCUT2D eigenvalue weighted by atomic mass is 15.3. The molecule has 0 saturated heterocycles. The van der Waals surface area contributed by atoms with E-state index in [4.69, 9.17) is 0 Å². The Balaban J connectivity index is 1.98. The summed E-state index contributed by atoms with van der Waals surface area (Å²) in [5.74, 6) is 0. The molecule has 1 aliphatic carbocycles. The highest BCUT2D eigenvalue weighted by Gasteiger charge is 2.32. The molecule has 0 spiro atoms. The van der Waals surface area contributed by atoms with Crippen LogP contribution in [-0.2, 0) is 12.5 Å². The van der Waals surface area contributed by atoms with E-state index < -0.39 is 0 Å². The third-order valence-corrected chi connectivity index (χ3v) is 4.95. The largest absolute Gasteiger partial charge is 0.375 e. The average Bonchev–Trinajstić information content (AvgIpc) is 2.68. The summed E-state index contributed by atoms with van der Waals surface area (Å²) in [6.45, 7) is 8.90. The Bertz CT molecular complexity index is 667. The van der Waals surface area contributed by atoms with E-state index in [9.17, 15) is 0 Å². The molecule has 21 heavy (non-hydrogen) atoms. The van der Waals surface area contributed by atoms with Crippen molar-refractivity contribution in [2.24, 2.45) is 7.05 Å². The van der Waals surface area contributed by atoms with E-state index >= 15 is 0 Å². The van der Waals surface area contributed by atoms with Crippen molar-refractivity contribution in [2.75, 3.05) is 5.32 Å². The van der Waals surface area contributed by atoms with Gasteiger partial charge >= 0.3 is 0 Å². The molecule has 1 atom stereocenters. The smallest absolute Gasteiger partial charge is 0.0828 e. The van der Waals surface area contributed by atoms with Crippen LogP contribution in [0.4, 0.5) is 5.69 Å². The lowest BCUT2D eigenvalue weighted by Crippen LogP contribution is -2.29. The van der Waals surface area contributed by atoms with Gasteiger partial charge in [-0.3, -0.25) is 4.68 Å². The molecule has 0 radical (unpaired) electrons. The predicted octanol–water partition coefficient (Wildman–Crippen LogP) is 4.26. The third-order valence-electron chi connectivity index (χ3n) is 4.95. The SMILES string of the molecule is Cc1nn(C)c(C)c1NC1CCC(C)(C)c2ccccc21. The topological polar surface area (TPSA) is 29.9 Å². The number of nitrogens with one attached hydrogen (secondary N) is 1. The first-order valence-corrected chi connectivity index (χ1v) is 7.76. The molecule has 0 bridgehead atoms. The highest BCUT2D eigenvalue weighted by Crippen LogP contribution is 2.43. The lowest BCUT2D eigenvalue weighted by molar-refractivity contribution is 0.406. The van der Waals surface area contributed by atoms with Crippen molar-refractivity contribution in [3.63, 3.8) is 0 Å². The van der Waals surface area contributed by atoms with E-state index in [2.05, 4.69) is 62.4 Å². The minimum absolute atomic E-state index is 0.272. The second kappa shape index (κ2) is 4.90. The number of benzene rings is 1. The van der Waals surface area contributed by atoms with Gasteiger partial charge in [0.15, 0.2) is 0 Å². The quantitative estimate of drug-likeness (QED) is 0.892. The Morgan fingerprint density at radius 3 is 2.62 bits per heavy atom. The van der Waals surface area contributed by atoms with Crippen LogP contribution in [0.3, 0.4) is 0 Å². The maximum atomic E-state index is 4.51. The Morgan fingerprint density at radius 1 is 1.24 bits per heavy atom. The molecule has 0 amide bonds. The van der Waals surface area contributed by atoms with Crippen LogP contribution in [0.2, 0.25) is 0 Å². The molecule has 1 N–H and O–H groups in total. The first-order chi connectivity index (χ1) is 9.90. The summed E-state index contributed by atoms with van der Waals surface area (Å²) in [7, 11) is 2.01. The van der Waals surface area contributed by atoms with Crippen LogP contribution < -0.4 is 5.32 Å². The number of nitrogens with zero attached hydrogens (tertiary/aromatic N) is 2. The third kappa shape index (κ3) is 2.35. The van der Waals surface area contributed by atoms with Crippen LogP contribution in [0.5, 0.6) is 0 Å². The molecule has 1 aliphatic rings. The maximum absolute atomic E-state index is 4.51. The molecule has 3 rings (SSSR count).